The van der Waals surface area contributed by atoms with Crippen molar-refractivity contribution in [3.8, 4) is 0 Å². The van der Waals surface area contributed by atoms with Crippen LogP contribution in [0, 0.1) is 5.82 Å². The van der Waals surface area contributed by atoms with Crippen molar-refractivity contribution in [3.63, 3.8) is 0 Å². The largest absolute Gasteiger partial charge is 0.373 e. The summed E-state index contributed by atoms with van der Waals surface area (Å²) in [4.78, 5) is 8.36. The summed E-state index contributed by atoms with van der Waals surface area (Å²) in [6.45, 7) is 2.02. The molecule has 2 aromatic rings. The molecule has 1 aromatic carbocycles. The fourth-order valence-corrected chi connectivity index (χ4v) is 1.96. The molecular weight excluding hydrogens is 267 g/mol. The Morgan fingerprint density at radius 1 is 1.26 bits per heavy atom. The van der Waals surface area contributed by atoms with Crippen molar-refractivity contribution in [1.29, 1.82) is 0 Å². The lowest BCUT2D eigenvalue weighted by molar-refractivity contribution is 0.628. The maximum absolute atomic E-state index is 13.1. The van der Waals surface area contributed by atoms with Gasteiger partial charge in [0.15, 0.2) is 0 Å². The Labute approximate surface area is 116 Å². The molecule has 1 heterocycles. The molecule has 0 radical (unpaired) electrons. The lowest BCUT2D eigenvalue weighted by Crippen LogP contribution is -2.04. The van der Waals surface area contributed by atoms with E-state index in [1.165, 1.54) is 18.5 Å². The van der Waals surface area contributed by atoms with Gasteiger partial charge in [0.05, 0.1) is 5.02 Å². The average Bonchev–Trinajstić information content (AvgIpc) is 2.42. The molecule has 0 aliphatic carbocycles. The predicted octanol–water partition coefficient (Wildman–Crippen LogP) is 3.62. The van der Waals surface area contributed by atoms with E-state index in [0.717, 1.165) is 17.8 Å². The molecule has 0 atom stereocenters. The van der Waals surface area contributed by atoms with E-state index in [4.69, 9.17) is 11.6 Å². The van der Waals surface area contributed by atoms with Gasteiger partial charge in [-0.1, -0.05) is 18.5 Å². The van der Waals surface area contributed by atoms with Gasteiger partial charge in [-0.25, -0.2) is 14.4 Å². The maximum atomic E-state index is 13.1. The highest BCUT2D eigenvalue weighted by atomic mass is 35.5. The van der Waals surface area contributed by atoms with Gasteiger partial charge < -0.3 is 10.6 Å². The highest BCUT2D eigenvalue weighted by Crippen LogP contribution is 2.26. The number of nitrogens with zero attached hydrogens (tertiary/aromatic N) is 2. The molecule has 0 saturated heterocycles. The van der Waals surface area contributed by atoms with Gasteiger partial charge in [0.1, 0.15) is 23.8 Å². The molecule has 0 fully saturated rings. The number of halogens is 2. The number of nitrogens with one attached hydrogen (secondary N) is 2. The van der Waals surface area contributed by atoms with Crippen molar-refractivity contribution >= 4 is 28.9 Å². The Balaban J connectivity index is 2.35. The monoisotopic (exact) mass is 280 g/mol. The zero-order valence-corrected chi connectivity index (χ0v) is 11.4. The van der Waals surface area contributed by atoms with E-state index in [-0.39, 0.29) is 5.02 Å². The quantitative estimate of drug-likeness (QED) is 0.898. The summed E-state index contributed by atoms with van der Waals surface area (Å²) in [6.07, 6.45) is 2.24. The Bertz CT molecular complexity index is 589. The van der Waals surface area contributed by atoms with Crippen LogP contribution in [0.2, 0.25) is 5.02 Å². The molecule has 0 spiro atoms. The standard InChI is InChI=1S/C13H14ClFN4/c1-3-9-12(16-2)17-7-18-13(9)19-8-4-5-11(15)10(14)6-8/h4-7H,3H2,1-2H3,(H2,16,17,18,19). The van der Waals surface area contributed by atoms with Crippen LogP contribution in [0.5, 0.6) is 0 Å². The smallest absolute Gasteiger partial charge is 0.141 e. The molecule has 19 heavy (non-hydrogen) atoms. The molecule has 1 aromatic heterocycles. The first-order valence-electron chi connectivity index (χ1n) is 5.89. The number of hydrogen-bond acceptors (Lipinski definition) is 4. The predicted molar refractivity (Wildman–Crippen MR) is 75.6 cm³/mol. The minimum atomic E-state index is -0.443. The van der Waals surface area contributed by atoms with E-state index >= 15 is 0 Å². The van der Waals surface area contributed by atoms with Crippen LogP contribution in [-0.2, 0) is 6.42 Å². The zero-order chi connectivity index (χ0) is 13.8. The van der Waals surface area contributed by atoms with Crippen molar-refractivity contribution in [2.24, 2.45) is 0 Å². The van der Waals surface area contributed by atoms with Crippen molar-refractivity contribution in [1.82, 2.24) is 9.97 Å². The molecule has 2 rings (SSSR count). The fourth-order valence-electron chi connectivity index (χ4n) is 1.78. The van der Waals surface area contributed by atoms with Crippen LogP contribution in [0.25, 0.3) is 0 Å². The van der Waals surface area contributed by atoms with E-state index in [2.05, 4.69) is 20.6 Å². The van der Waals surface area contributed by atoms with E-state index < -0.39 is 5.82 Å². The van der Waals surface area contributed by atoms with Crippen LogP contribution in [-0.4, -0.2) is 17.0 Å². The summed E-state index contributed by atoms with van der Waals surface area (Å²) >= 11 is 5.75. The minimum absolute atomic E-state index is 0.0749. The van der Waals surface area contributed by atoms with Crippen molar-refractivity contribution in [2.75, 3.05) is 17.7 Å². The minimum Gasteiger partial charge on any atom is -0.373 e. The molecular formula is C13H14ClFN4. The highest BCUT2D eigenvalue weighted by molar-refractivity contribution is 6.31. The number of benzene rings is 1. The fraction of sp³-hybridized carbons (Fsp3) is 0.231. The Morgan fingerprint density at radius 3 is 2.63 bits per heavy atom. The molecule has 0 bridgehead atoms. The van der Waals surface area contributed by atoms with Crippen LogP contribution in [0.1, 0.15) is 12.5 Å². The summed E-state index contributed by atoms with van der Waals surface area (Å²) in [5.41, 5.74) is 1.65. The van der Waals surface area contributed by atoms with Gasteiger partial charge in [-0.2, -0.15) is 0 Å². The van der Waals surface area contributed by atoms with Crippen LogP contribution in [0.3, 0.4) is 0 Å². The van der Waals surface area contributed by atoms with Crippen molar-refractivity contribution < 1.29 is 4.39 Å². The first-order chi connectivity index (χ1) is 9.15. The first-order valence-corrected chi connectivity index (χ1v) is 6.27. The van der Waals surface area contributed by atoms with E-state index in [9.17, 15) is 4.39 Å². The van der Waals surface area contributed by atoms with E-state index in [1.807, 2.05) is 6.92 Å². The molecule has 0 aliphatic heterocycles. The van der Waals surface area contributed by atoms with Gasteiger partial charge in [0.2, 0.25) is 0 Å². The summed E-state index contributed by atoms with van der Waals surface area (Å²) in [6, 6.07) is 4.45. The molecule has 4 nitrogen and oxygen atoms in total. The molecule has 0 amide bonds. The molecule has 2 N–H and O–H groups in total. The second kappa shape index (κ2) is 5.84. The normalized spacial score (nSPS) is 10.3. The van der Waals surface area contributed by atoms with E-state index in [1.54, 1.807) is 13.1 Å². The second-order valence-corrected chi connectivity index (χ2v) is 4.31. The lowest BCUT2D eigenvalue weighted by atomic mass is 10.2. The van der Waals surface area contributed by atoms with Crippen molar-refractivity contribution in [2.45, 2.75) is 13.3 Å². The average molecular weight is 281 g/mol. The lowest BCUT2D eigenvalue weighted by Gasteiger charge is -2.13. The Morgan fingerprint density at radius 2 is 2.00 bits per heavy atom. The molecule has 0 saturated carbocycles. The number of rotatable bonds is 4. The highest BCUT2D eigenvalue weighted by Gasteiger charge is 2.09. The SMILES string of the molecule is CCc1c(NC)ncnc1Nc1ccc(F)c(Cl)c1. The zero-order valence-electron chi connectivity index (χ0n) is 10.7. The molecule has 100 valence electrons. The van der Waals surface area contributed by atoms with Crippen LogP contribution in [0.15, 0.2) is 24.5 Å². The third-order valence-electron chi connectivity index (χ3n) is 2.72. The van der Waals surface area contributed by atoms with Gasteiger partial charge in [-0.3, -0.25) is 0 Å². The topological polar surface area (TPSA) is 49.8 Å². The molecule has 6 heteroatoms. The van der Waals surface area contributed by atoms with Crippen molar-refractivity contribution in [3.05, 3.63) is 40.9 Å². The van der Waals surface area contributed by atoms with Crippen LogP contribution >= 0.6 is 11.6 Å². The van der Waals surface area contributed by atoms with Gasteiger partial charge in [-0.15, -0.1) is 0 Å². The van der Waals surface area contributed by atoms with Crippen LogP contribution in [0.4, 0.5) is 21.7 Å². The third kappa shape index (κ3) is 2.93. The summed E-state index contributed by atoms with van der Waals surface area (Å²) in [5, 5.41) is 6.21. The molecule has 0 unspecified atom stereocenters. The summed E-state index contributed by atoms with van der Waals surface area (Å²) in [7, 11) is 1.81. The maximum Gasteiger partial charge on any atom is 0.141 e. The third-order valence-corrected chi connectivity index (χ3v) is 3.01. The number of aromatic nitrogens is 2. The van der Waals surface area contributed by atoms with E-state index in [0.29, 0.717) is 11.5 Å². The molecule has 0 aliphatic rings. The van der Waals surface area contributed by atoms with Gasteiger partial charge in [0.25, 0.3) is 0 Å². The second-order valence-electron chi connectivity index (χ2n) is 3.91. The summed E-state index contributed by atoms with van der Waals surface area (Å²) < 4.78 is 13.1. The number of hydrogen-bond donors (Lipinski definition) is 2. The Kier molecular flexibility index (Phi) is 4.16. The van der Waals surface area contributed by atoms with Gasteiger partial charge in [0, 0.05) is 18.3 Å². The number of anilines is 3. The van der Waals surface area contributed by atoms with Crippen LogP contribution < -0.4 is 10.6 Å². The first kappa shape index (κ1) is 13.5. The summed E-state index contributed by atoms with van der Waals surface area (Å²) in [5.74, 6) is 1.01. The van der Waals surface area contributed by atoms with Gasteiger partial charge >= 0.3 is 0 Å². The Hall–Kier alpha value is -1.88. The van der Waals surface area contributed by atoms with Gasteiger partial charge in [-0.05, 0) is 24.6 Å².